The van der Waals surface area contributed by atoms with Crippen LogP contribution in [0.1, 0.15) is 13.8 Å². The summed E-state index contributed by atoms with van der Waals surface area (Å²) in [6, 6.07) is -0.567. The van der Waals surface area contributed by atoms with Gasteiger partial charge in [-0.1, -0.05) is 0 Å². The summed E-state index contributed by atoms with van der Waals surface area (Å²) in [5.41, 5.74) is 0. The van der Waals surface area contributed by atoms with Gasteiger partial charge in [0.05, 0.1) is 25.2 Å². The monoisotopic (exact) mass is 328 g/mol. The number of carbonyl (C=O) groups excluding carboxylic acids is 3. The van der Waals surface area contributed by atoms with E-state index in [9.17, 15) is 14.4 Å². The lowest BCUT2D eigenvalue weighted by Crippen LogP contribution is -2.62. The molecule has 3 rings (SSSR count). The minimum Gasteiger partial charge on any atom is -0.407 e. The molecule has 3 fully saturated rings. The van der Waals surface area contributed by atoms with Crippen LogP contribution in [0.3, 0.4) is 0 Å². The van der Waals surface area contributed by atoms with Crippen molar-refractivity contribution in [3.8, 4) is 0 Å². The lowest BCUT2D eigenvalue weighted by molar-refractivity contribution is -0.322. The van der Waals surface area contributed by atoms with E-state index in [1.807, 2.05) is 0 Å². The maximum atomic E-state index is 12.8. The number of hydrogen-bond donors (Lipinski definition) is 0. The second-order valence-corrected chi connectivity index (χ2v) is 6.53. The molecule has 0 aliphatic carbocycles. The molecular formula is C14H20N2O7. The molecule has 3 atom stereocenters. The highest BCUT2D eigenvalue weighted by Gasteiger charge is 2.61. The lowest BCUT2D eigenvalue weighted by atomic mass is 9.88. The Labute approximate surface area is 133 Å². The molecule has 128 valence electrons. The molecule has 3 aliphatic heterocycles. The molecular weight excluding hydrogens is 308 g/mol. The summed E-state index contributed by atoms with van der Waals surface area (Å²) in [7, 11) is 3.01. The van der Waals surface area contributed by atoms with Gasteiger partial charge in [-0.3, -0.25) is 4.79 Å². The maximum absolute atomic E-state index is 12.8. The van der Waals surface area contributed by atoms with Crippen LogP contribution in [0.25, 0.3) is 0 Å². The van der Waals surface area contributed by atoms with E-state index in [4.69, 9.17) is 18.9 Å². The van der Waals surface area contributed by atoms with Gasteiger partial charge in [0.2, 0.25) is 5.78 Å². The van der Waals surface area contributed by atoms with E-state index in [1.54, 1.807) is 13.8 Å². The molecule has 0 N–H and O–H groups in total. The van der Waals surface area contributed by atoms with Gasteiger partial charge in [0, 0.05) is 14.1 Å². The smallest absolute Gasteiger partial charge is 0.407 e. The Bertz CT molecular complexity index is 561. The first-order valence-electron chi connectivity index (χ1n) is 7.37. The van der Waals surface area contributed by atoms with E-state index < -0.39 is 41.5 Å². The fourth-order valence-corrected chi connectivity index (χ4v) is 2.94. The fraction of sp³-hybridized carbons (Fsp3) is 0.786. The summed E-state index contributed by atoms with van der Waals surface area (Å²) >= 11 is 0. The number of ketones is 1. The van der Waals surface area contributed by atoms with Crippen LogP contribution in [-0.4, -0.2) is 79.2 Å². The molecule has 0 aromatic heterocycles. The third-order valence-corrected chi connectivity index (χ3v) is 4.14. The molecule has 0 aromatic rings. The normalized spacial score (nSPS) is 35.9. The van der Waals surface area contributed by atoms with Gasteiger partial charge < -0.3 is 23.8 Å². The number of urea groups is 1. The Balaban J connectivity index is 1.79. The van der Waals surface area contributed by atoms with Crippen molar-refractivity contribution in [3.05, 3.63) is 0 Å². The molecule has 0 radical (unpaired) electrons. The number of fused-ring (bicyclic) bond motifs is 1. The highest BCUT2D eigenvalue weighted by atomic mass is 16.8. The Hall–Kier alpha value is -1.71. The van der Waals surface area contributed by atoms with Crippen molar-refractivity contribution in [2.24, 2.45) is 5.92 Å². The van der Waals surface area contributed by atoms with E-state index >= 15 is 0 Å². The van der Waals surface area contributed by atoms with Crippen molar-refractivity contribution in [2.45, 2.75) is 31.5 Å². The van der Waals surface area contributed by atoms with Crippen molar-refractivity contribution in [3.63, 3.8) is 0 Å². The summed E-state index contributed by atoms with van der Waals surface area (Å²) in [5, 5.41) is 0. The van der Waals surface area contributed by atoms with Gasteiger partial charge in [-0.05, 0) is 13.8 Å². The maximum Gasteiger partial charge on any atom is 0.421 e. The minimum absolute atomic E-state index is 0.0838. The molecule has 0 bridgehead atoms. The van der Waals surface area contributed by atoms with Gasteiger partial charge in [0.25, 0.3) is 5.79 Å². The van der Waals surface area contributed by atoms with Crippen LogP contribution >= 0.6 is 0 Å². The molecule has 3 heterocycles. The van der Waals surface area contributed by atoms with Gasteiger partial charge in [0.15, 0.2) is 5.79 Å². The SMILES string of the molecule is CN(C)C(=O)N1C[C@]2(OC[C@H]3OC(C)(C)OC[C@H]3C2=O)OC1=O. The van der Waals surface area contributed by atoms with E-state index in [0.29, 0.717) is 0 Å². The molecule has 9 nitrogen and oxygen atoms in total. The zero-order valence-electron chi connectivity index (χ0n) is 13.5. The summed E-state index contributed by atoms with van der Waals surface area (Å²) in [4.78, 5) is 38.8. The quantitative estimate of drug-likeness (QED) is 0.626. The Kier molecular flexibility index (Phi) is 3.62. The zero-order chi connectivity index (χ0) is 17.0. The van der Waals surface area contributed by atoms with E-state index in [1.165, 1.54) is 19.0 Å². The van der Waals surface area contributed by atoms with Crippen LogP contribution in [0.5, 0.6) is 0 Å². The first kappa shape index (κ1) is 16.2. The molecule has 0 saturated carbocycles. The zero-order valence-corrected chi connectivity index (χ0v) is 13.5. The summed E-state index contributed by atoms with van der Waals surface area (Å²) < 4.78 is 21.9. The van der Waals surface area contributed by atoms with Crippen molar-refractivity contribution in [2.75, 3.05) is 33.9 Å². The number of rotatable bonds is 0. The molecule has 23 heavy (non-hydrogen) atoms. The molecule has 0 unspecified atom stereocenters. The van der Waals surface area contributed by atoms with Crippen LogP contribution in [0.2, 0.25) is 0 Å². The molecule has 3 amide bonds. The third kappa shape index (κ3) is 2.58. The molecule has 3 aliphatic rings. The number of ether oxygens (including phenoxy) is 4. The lowest BCUT2D eigenvalue weighted by Gasteiger charge is -2.45. The largest absolute Gasteiger partial charge is 0.421 e. The highest BCUT2D eigenvalue weighted by molar-refractivity contribution is 5.99. The minimum atomic E-state index is -1.77. The number of Topliss-reactive ketones (excluding diaryl/α,β-unsaturated/α-hetero) is 1. The summed E-state index contributed by atoms with van der Waals surface area (Å²) in [6.45, 7) is 3.48. The van der Waals surface area contributed by atoms with Gasteiger partial charge in [0.1, 0.15) is 6.54 Å². The van der Waals surface area contributed by atoms with Crippen molar-refractivity contribution in [1.82, 2.24) is 9.80 Å². The number of hydrogen-bond acceptors (Lipinski definition) is 7. The summed E-state index contributed by atoms with van der Waals surface area (Å²) in [6.07, 6.45) is -1.36. The van der Waals surface area contributed by atoms with Gasteiger partial charge in [-0.15, -0.1) is 0 Å². The second kappa shape index (κ2) is 5.15. The Morgan fingerprint density at radius 2 is 1.91 bits per heavy atom. The van der Waals surface area contributed by atoms with E-state index in [2.05, 4.69) is 0 Å². The van der Waals surface area contributed by atoms with Crippen LogP contribution in [0, 0.1) is 5.92 Å². The number of imide groups is 1. The van der Waals surface area contributed by atoms with Crippen LogP contribution in [0.15, 0.2) is 0 Å². The highest BCUT2D eigenvalue weighted by Crippen LogP contribution is 2.38. The molecule has 0 aromatic carbocycles. The van der Waals surface area contributed by atoms with Gasteiger partial charge in [-0.25, -0.2) is 14.5 Å². The van der Waals surface area contributed by atoms with Crippen LogP contribution in [-0.2, 0) is 23.7 Å². The van der Waals surface area contributed by atoms with Crippen molar-refractivity contribution >= 4 is 17.9 Å². The number of nitrogens with zero attached hydrogens (tertiary/aromatic N) is 2. The first-order chi connectivity index (χ1) is 10.7. The topological polar surface area (TPSA) is 94.6 Å². The average Bonchev–Trinajstić information content (AvgIpc) is 2.79. The first-order valence-corrected chi connectivity index (χ1v) is 7.37. The Morgan fingerprint density at radius 1 is 1.22 bits per heavy atom. The predicted molar refractivity (Wildman–Crippen MR) is 74.4 cm³/mol. The average molecular weight is 328 g/mol. The third-order valence-electron chi connectivity index (χ3n) is 4.14. The molecule has 1 spiro atoms. The van der Waals surface area contributed by atoms with Crippen LogP contribution in [0.4, 0.5) is 9.59 Å². The number of amides is 3. The predicted octanol–water partition coefficient (Wildman–Crippen LogP) is 0.183. The van der Waals surface area contributed by atoms with Gasteiger partial charge >= 0.3 is 12.1 Å². The van der Waals surface area contributed by atoms with Crippen LogP contribution < -0.4 is 0 Å². The van der Waals surface area contributed by atoms with E-state index in [-0.39, 0.29) is 19.8 Å². The van der Waals surface area contributed by atoms with Gasteiger partial charge in [-0.2, -0.15) is 0 Å². The summed E-state index contributed by atoms with van der Waals surface area (Å²) in [5.74, 6) is -3.60. The van der Waals surface area contributed by atoms with Crippen molar-refractivity contribution < 1.29 is 33.3 Å². The number of carbonyl (C=O) groups is 3. The molecule has 3 saturated heterocycles. The Morgan fingerprint density at radius 3 is 2.57 bits per heavy atom. The fourth-order valence-electron chi connectivity index (χ4n) is 2.94. The van der Waals surface area contributed by atoms with Crippen molar-refractivity contribution in [1.29, 1.82) is 0 Å². The van der Waals surface area contributed by atoms with E-state index in [0.717, 1.165) is 4.90 Å². The standard InChI is InChI=1S/C14H20N2O7/c1-13(2)20-5-8-9(22-13)6-21-14(10(8)17)7-16(12(19)23-14)11(18)15(3)4/h8-9H,5-7H2,1-4H3/t8-,9-,14+/m1/s1. The second-order valence-electron chi connectivity index (χ2n) is 6.53. The molecule has 9 heteroatoms.